The number of hydrogen-bond acceptors (Lipinski definition) is 2. The number of hydrogen-bond donors (Lipinski definition) is 2. The Morgan fingerprint density at radius 1 is 0.892 bits per heavy atom. The zero-order valence-corrected chi connectivity index (χ0v) is 29.2. The molecule has 216 valence electrons. The smallest absolute Gasteiger partial charge is 0.00394 e. The Bertz CT molecular complexity index is 875. The fourth-order valence-corrected chi connectivity index (χ4v) is 12.0. The van der Waals surface area contributed by atoms with Gasteiger partial charge in [-0.05, 0) is 66.3 Å². The van der Waals surface area contributed by atoms with E-state index < -0.39 is 8.07 Å². The first-order valence-electron chi connectivity index (χ1n) is 14.1. The van der Waals surface area contributed by atoms with Crippen molar-refractivity contribution >= 4 is 30.4 Å². The first kappa shape index (κ1) is 33.4. The predicted molar refractivity (Wildman–Crippen MR) is 171 cm³/mol. The number of rotatable bonds is 6. The molecular weight excluding hydrogens is 546 g/mol. The van der Waals surface area contributed by atoms with Gasteiger partial charge in [-0.2, -0.15) is 11.6 Å². The van der Waals surface area contributed by atoms with Crippen LogP contribution in [0.25, 0.3) is 0 Å². The van der Waals surface area contributed by atoms with Crippen LogP contribution < -0.4 is 15.8 Å². The van der Waals surface area contributed by atoms with Crippen LogP contribution in [0.5, 0.6) is 0 Å². The maximum absolute atomic E-state index is 3.70. The van der Waals surface area contributed by atoms with Gasteiger partial charge < -0.3 is 41.0 Å². The topological polar surface area (TPSA) is 24.1 Å². The van der Waals surface area contributed by atoms with Crippen LogP contribution in [-0.2, 0) is 28.4 Å². The second-order valence-electron chi connectivity index (χ2n) is 14.1. The molecule has 2 saturated heterocycles. The van der Waals surface area contributed by atoms with E-state index in [-0.39, 0.29) is 30.1 Å². The quantitative estimate of drug-likeness (QED) is 0.208. The van der Waals surface area contributed by atoms with Crippen molar-refractivity contribution in [2.45, 2.75) is 95.7 Å². The van der Waals surface area contributed by atoms with Crippen LogP contribution >= 0.6 is 17.2 Å². The molecule has 2 aromatic rings. The molecule has 0 bridgehead atoms. The summed E-state index contributed by atoms with van der Waals surface area (Å²) in [6.07, 6.45) is 3.87. The van der Waals surface area contributed by atoms with Gasteiger partial charge in [0.05, 0.1) is 0 Å². The number of nitrogens with one attached hydrogen (secondary N) is 2. The van der Waals surface area contributed by atoms with E-state index in [9.17, 15) is 0 Å². The molecule has 0 spiro atoms. The van der Waals surface area contributed by atoms with Crippen molar-refractivity contribution in [3.05, 3.63) is 53.6 Å². The maximum Gasteiger partial charge on any atom is 0.00394 e. The average Bonchev–Trinajstić information content (AvgIpc) is 3.57. The van der Waals surface area contributed by atoms with Crippen LogP contribution in [0, 0.1) is 11.8 Å². The molecular formula is C31H54FeN2P2Si-6. The Kier molecular flexibility index (Phi) is 12.0. The third kappa shape index (κ3) is 8.36. The zero-order chi connectivity index (χ0) is 26.8. The molecule has 0 saturated carbocycles. The fourth-order valence-electron chi connectivity index (χ4n) is 6.39. The van der Waals surface area contributed by atoms with E-state index in [4.69, 9.17) is 0 Å². The van der Waals surface area contributed by atoms with Gasteiger partial charge in [0.2, 0.25) is 0 Å². The van der Waals surface area contributed by atoms with Gasteiger partial charge in [0, 0.05) is 25.1 Å². The molecule has 37 heavy (non-hydrogen) atoms. The zero-order valence-electron chi connectivity index (χ0n) is 25.0. The first-order valence-corrected chi connectivity index (χ1v) is 19.7. The average molecular weight is 601 g/mol. The molecule has 3 atom stereocenters. The van der Waals surface area contributed by atoms with Crippen LogP contribution in [-0.4, -0.2) is 44.6 Å². The fraction of sp³-hybridized carbons (Fsp3) is 0.677. The van der Waals surface area contributed by atoms with Crippen molar-refractivity contribution in [3.8, 4) is 0 Å². The first-order chi connectivity index (χ1) is 16.6. The molecule has 0 radical (unpaired) electrons. The van der Waals surface area contributed by atoms with Crippen molar-refractivity contribution in [1.29, 1.82) is 0 Å². The summed E-state index contributed by atoms with van der Waals surface area (Å²) in [4.78, 5) is 0. The molecule has 3 unspecified atom stereocenters. The largest absolute Gasteiger partial charge is 0.748 e. The molecule has 2 N–H and O–H groups in total. The van der Waals surface area contributed by atoms with E-state index in [1.165, 1.54) is 45.2 Å². The van der Waals surface area contributed by atoms with E-state index in [1.54, 1.807) is 16.3 Å². The van der Waals surface area contributed by atoms with Gasteiger partial charge in [-0.1, -0.05) is 67.3 Å². The monoisotopic (exact) mass is 600 g/mol. The van der Waals surface area contributed by atoms with Crippen LogP contribution in [0.3, 0.4) is 0 Å². The van der Waals surface area contributed by atoms with Gasteiger partial charge in [-0.15, -0.1) is 22.7 Å². The molecule has 4 rings (SSSR count). The second kappa shape index (κ2) is 13.3. The Morgan fingerprint density at radius 2 is 1.32 bits per heavy atom. The summed E-state index contributed by atoms with van der Waals surface area (Å²) in [5.74, 6) is 1.43. The minimum absolute atomic E-state index is 0. The van der Waals surface area contributed by atoms with Crippen molar-refractivity contribution in [2.24, 2.45) is 11.8 Å². The minimum Gasteiger partial charge on any atom is -0.748 e. The van der Waals surface area contributed by atoms with E-state index in [1.807, 2.05) is 30.3 Å². The molecule has 2 heterocycles. The summed E-state index contributed by atoms with van der Waals surface area (Å²) in [6.45, 7) is 27.1. The van der Waals surface area contributed by atoms with Crippen molar-refractivity contribution in [1.82, 2.24) is 10.6 Å². The van der Waals surface area contributed by atoms with Crippen LogP contribution in [0.1, 0.15) is 65.5 Å². The summed E-state index contributed by atoms with van der Waals surface area (Å²) in [7, 11) is 1.94. The summed E-state index contributed by atoms with van der Waals surface area (Å²) < 4.78 is 0. The van der Waals surface area contributed by atoms with Gasteiger partial charge >= 0.3 is 0 Å². The summed E-state index contributed by atoms with van der Waals surface area (Å²) in [6, 6.07) is 15.3. The van der Waals surface area contributed by atoms with Gasteiger partial charge in [0.15, 0.2) is 0 Å². The van der Waals surface area contributed by atoms with Gasteiger partial charge in [-0.3, -0.25) is 0 Å². The molecule has 2 nitrogen and oxygen atoms in total. The molecule has 2 aliphatic rings. The Balaban J connectivity index is 0.000000716. The van der Waals surface area contributed by atoms with Gasteiger partial charge in [0.25, 0.3) is 0 Å². The van der Waals surface area contributed by atoms with E-state index in [0.717, 1.165) is 0 Å². The second-order valence-corrected chi connectivity index (χ2v) is 24.0. The molecule has 0 amide bonds. The van der Waals surface area contributed by atoms with Gasteiger partial charge in [0.1, 0.15) is 0 Å². The molecule has 6 heteroatoms. The predicted octanol–water partition coefficient (Wildman–Crippen LogP) is 7.22. The van der Waals surface area contributed by atoms with Gasteiger partial charge in [-0.25, -0.2) is 11.3 Å². The SMILES string of the molecule is CC(C)(C)P(C[c-]1cc([Si](C)(C)C)cc1C(P)(C1CCNC1)C1CCNC1)C(C)(C)C.[Fe].[cH-]1[cH-][cH-][cH-][cH-]1. The van der Waals surface area contributed by atoms with Crippen molar-refractivity contribution < 1.29 is 17.1 Å². The molecule has 0 aromatic heterocycles. The summed E-state index contributed by atoms with van der Waals surface area (Å²) in [5.41, 5.74) is 3.38. The molecule has 0 aliphatic carbocycles. The Hall–Kier alpha value is 0.216. The summed E-state index contributed by atoms with van der Waals surface area (Å²) >= 11 is 0. The Morgan fingerprint density at radius 3 is 1.65 bits per heavy atom. The minimum atomic E-state index is -1.38. The molecule has 2 aliphatic heterocycles. The molecule has 2 fully saturated rings. The van der Waals surface area contributed by atoms with E-state index >= 15 is 0 Å². The van der Waals surface area contributed by atoms with E-state index in [2.05, 4.69) is 93.2 Å². The van der Waals surface area contributed by atoms with Crippen LogP contribution in [0.15, 0.2) is 42.5 Å². The Labute approximate surface area is 244 Å². The normalized spacial score (nSPS) is 22.4. The van der Waals surface area contributed by atoms with E-state index in [0.29, 0.717) is 22.1 Å². The van der Waals surface area contributed by atoms with Crippen LogP contribution in [0.4, 0.5) is 0 Å². The third-order valence-corrected chi connectivity index (χ3v) is 15.5. The van der Waals surface area contributed by atoms with Crippen molar-refractivity contribution in [3.63, 3.8) is 0 Å². The molecule has 2 aromatic carbocycles. The third-order valence-electron chi connectivity index (χ3n) is 8.28. The summed E-state index contributed by atoms with van der Waals surface area (Å²) in [5, 5.41) is 9.96. The maximum atomic E-state index is 3.70. The van der Waals surface area contributed by atoms with Crippen LogP contribution in [0.2, 0.25) is 19.6 Å². The van der Waals surface area contributed by atoms with Crippen molar-refractivity contribution in [2.75, 3.05) is 26.2 Å². The standard InChI is InChI=1S/C26H49N2P2Si.C5H5.Fe/c1-24(2,3)30(25(4,5)6)18-19-14-22(31(7,8)9)15-23(19)26(29,20-10-12-27-16-20)21-11-13-28-17-21;1-2-4-5-3-1;/h14-15,20-21,27-28H,10-13,16-18,29H2,1-9H3;1-5H;/q-1;-5;.